The number of ether oxygens (including phenoxy) is 2. The molecule has 7 heteroatoms. The Balaban J connectivity index is 1.89. The van der Waals surface area contributed by atoms with Crippen LogP contribution in [0.3, 0.4) is 0 Å². The number of nitrogens with zero attached hydrogens (tertiary/aromatic N) is 3. The Hall–Kier alpha value is -1.89. The second-order valence-electron chi connectivity index (χ2n) is 6.09. The van der Waals surface area contributed by atoms with Crippen molar-refractivity contribution in [2.75, 3.05) is 38.8 Å². The van der Waals surface area contributed by atoms with Crippen LogP contribution in [0.4, 0.5) is 5.95 Å². The molecule has 2 unspecified atom stereocenters. The van der Waals surface area contributed by atoms with E-state index >= 15 is 0 Å². The third kappa shape index (κ3) is 2.97. The molecule has 0 aliphatic carbocycles. The molecule has 2 saturated heterocycles. The van der Waals surface area contributed by atoms with E-state index in [4.69, 9.17) is 9.47 Å². The maximum atomic E-state index is 12.0. The molecule has 0 saturated carbocycles. The predicted molar refractivity (Wildman–Crippen MR) is 85.5 cm³/mol. The Kier molecular flexibility index (Phi) is 4.66. The van der Waals surface area contributed by atoms with Gasteiger partial charge in [-0.15, -0.1) is 0 Å². The summed E-state index contributed by atoms with van der Waals surface area (Å²) in [6.07, 6.45) is 1.76. The smallest absolute Gasteiger partial charge is 0.229 e. The summed E-state index contributed by atoms with van der Waals surface area (Å²) < 4.78 is 10.7. The van der Waals surface area contributed by atoms with Gasteiger partial charge < -0.3 is 19.7 Å². The first-order valence-electron chi connectivity index (χ1n) is 8.13. The Labute approximate surface area is 136 Å². The Morgan fingerprint density at radius 3 is 2.87 bits per heavy atom. The number of anilines is 1. The molecule has 0 bridgehead atoms. The average molecular weight is 320 g/mol. The van der Waals surface area contributed by atoms with Gasteiger partial charge in [0.1, 0.15) is 0 Å². The monoisotopic (exact) mass is 320 g/mol. The fraction of sp³-hybridized carbons (Fsp3) is 0.688. The summed E-state index contributed by atoms with van der Waals surface area (Å²) in [4.78, 5) is 23.3. The first-order chi connectivity index (χ1) is 11.2. The number of hydrogen-bond acceptors (Lipinski definition) is 6. The molecule has 7 nitrogen and oxygen atoms in total. The van der Waals surface area contributed by atoms with E-state index in [0.29, 0.717) is 30.9 Å². The Bertz CT molecular complexity index is 593. The van der Waals surface area contributed by atoms with Crippen LogP contribution in [0.15, 0.2) is 0 Å². The fourth-order valence-electron chi connectivity index (χ4n) is 3.50. The van der Waals surface area contributed by atoms with Crippen molar-refractivity contribution in [3.63, 3.8) is 0 Å². The van der Waals surface area contributed by atoms with Crippen LogP contribution in [-0.2, 0) is 22.6 Å². The summed E-state index contributed by atoms with van der Waals surface area (Å²) >= 11 is 0. The summed E-state index contributed by atoms with van der Waals surface area (Å²) in [6.45, 7) is 4.80. The number of carbonyl (C=O) groups excluding carboxylic acids is 1. The lowest BCUT2D eigenvalue weighted by atomic mass is 9.88. The molecule has 1 aromatic heterocycles. The molecular weight excluding hydrogens is 296 g/mol. The lowest BCUT2D eigenvalue weighted by molar-refractivity contribution is -0.122. The van der Waals surface area contributed by atoms with Gasteiger partial charge in [0.15, 0.2) is 0 Å². The minimum absolute atomic E-state index is 0.0371. The highest BCUT2D eigenvalue weighted by atomic mass is 16.5. The molecule has 126 valence electrons. The molecule has 3 heterocycles. The molecule has 3 rings (SSSR count). The van der Waals surface area contributed by atoms with Crippen LogP contribution in [0.1, 0.15) is 24.6 Å². The predicted octanol–water partition coefficient (Wildman–Crippen LogP) is 0.766. The standard InChI is InChI=1S/C16H24N4O3/c1-4-11-13(9-22-2)18-16(19-15(11)23-3)20-6-5-10-7-17-14(21)12(10)8-20/h10,12H,4-9H2,1-3H3,(H,17,21). The molecule has 2 aliphatic rings. The van der Waals surface area contributed by atoms with E-state index in [9.17, 15) is 4.79 Å². The van der Waals surface area contributed by atoms with Gasteiger partial charge in [0.2, 0.25) is 17.7 Å². The molecule has 0 radical (unpaired) electrons. The maximum Gasteiger partial charge on any atom is 0.229 e. The quantitative estimate of drug-likeness (QED) is 0.863. The Morgan fingerprint density at radius 1 is 1.35 bits per heavy atom. The topological polar surface area (TPSA) is 76.6 Å². The third-order valence-electron chi connectivity index (χ3n) is 4.78. The van der Waals surface area contributed by atoms with E-state index in [1.807, 2.05) is 0 Å². The molecule has 0 spiro atoms. The van der Waals surface area contributed by atoms with Crippen molar-refractivity contribution in [2.24, 2.45) is 11.8 Å². The van der Waals surface area contributed by atoms with Gasteiger partial charge in [-0.05, 0) is 18.8 Å². The number of methoxy groups -OCH3 is 2. The zero-order valence-corrected chi connectivity index (χ0v) is 14.0. The molecule has 23 heavy (non-hydrogen) atoms. The SMILES string of the molecule is CCc1c(COC)nc(N2CCC3CNC(=O)C3C2)nc1OC. The van der Waals surface area contributed by atoms with Crippen LogP contribution in [0.25, 0.3) is 0 Å². The van der Waals surface area contributed by atoms with E-state index in [0.717, 1.165) is 37.2 Å². The van der Waals surface area contributed by atoms with Gasteiger partial charge in [0, 0.05) is 32.3 Å². The van der Waals surface area contributed by atoms with Crippen LogP contribution in [0, 0.1) is 11.8 Å². The normalized spacial score (nSPS) is 23.6. The number of hydrogen-bond donors (Lipinski definition) is 1. The van der Waals surface area contributed by atoms with Crippen LogP contribution >= 0.6 is 0 Å². The molecule has 2 fully saturated rings. The largest absolute Gasteiger partial charge is 0.481 e. The zero-order chi connectivity index (χ0) is 16.4. The van der Waals surface area contributed by atoms with Gasteiger partial charge in [0.05, 0.1) is 25.3 Å². The van der Waals surface area contributed by atoms with Crippen LogP contribution in [0.2, 0.25) is 0 Å². The first-order valence-corrected chi connectivity index (χ1v) is 8.13. The summed E-state index contributed by atoms with van der Waals surface area (Å²) in [5, 5.41) is 2.95. The lowest BCUT2D eigenvalue weighted by Gasteiger charge is -2.33. The number of carbonyl (C=O) groups is 1. The molecule has 1 amide bonds. The number of amides is 1. The van der Waals surface area contributed by atoms with E-state index in [1.165, 1.54) is 0 Å². The highest BCUT2D eigenvalue weighted by molar-refractivity contribution is 5.82. The molecule has 1 aromatic rings. The van der Waals surface area contributed by atoms with Gasteiger partial charge >= 0.3 is 0 Å². The van der Waals surface area contributed by atoms with Gasteiger partial charge in [-0.25, -0.2) is 4.98 Å². The Morgan fingerprint density at radius 2 is 2.17 bits per heavy atom. The number of rotatable bonds is 5. The van der Waals surface area contributed by atoms with Gasteiger partial charge in [0.25, 0.3) is 0 Å². The zero-order valence-electron chi connectivity index (χ0n) is 14.0. The van der Waals surface area contributed by atoms with Gasteiger partial charge in [-0.3, -0.25) is 4.79 Å². The third-order valence-corrected chi connectivity index (χ3v) is 4.78. The van der Waals surface area contributed by atoms with Crippen molar-refractivity contribution in [2.45, 2.75) is 26.4 Å². The van der Waals surface area contributed by atoms with Crippen LogP contribution < -0.4 is 15.0 Å². The molecule has 0 aromatic carbocycles. The minimum atomic E-state index is 0.0371. The molecule has 1 N–H and O–H groups in total. The van der Waals surface area contributed by atoms with Crippen molar-refractivity contribution >= 4 is 11.9 Å². The maximum absolute atomic E-state index is 12.0. The van der Waals surface area contributed by atoms with Crippen LogP contribution in [-0.4, -0.2) is 49.7 Å². The highest BCUT2D eigenvalue weighted by Gasteiger charge is 2.39. The summed E-state index contributed by atoms with van der Waals surface area (Å²) in [5.41, 5.74) is 1.83. The molecule has 2 atom stereocenters. The van der Waals surface area contributed by atoms with Crippen molar-refractivity contribution in [1.29, 1.82) is 0 Å². The van der Waals surface area contributed by atoms with Gasteiger partial charge in [-0.2, -0.15) is 4.98 Å². The van der Waals surface area contributed by atoms with Crippen molar-refractivity contribution in [1.82, 2.24) is 15.3 Å². The number of fused-ring (bicyclic) bond motifs is 1. The van der Waals surface area contributed by atoms with Crippen LogP contribution in [0.5, 0.6) is 5.88 Å². The average Bonchev–Trinajstić information content (AvgIpc) is 2.95. The van der Waals surface area contributed by atoms with Gasteiger partial charge in [-0.1, -0.05) is 6.92 Å². The lowest BCUT2D eigenvalue weighted by Crippen LogP contribution is -2.42. The minimum Gasteiger partial charge on any atom is -0.481 e. The fourth-order valence-corrected chi connectivity index (χ4v) is 3.50. The molecular formula is C16H24N4O3. The number of aromatic nitrogens is 2. The van der Waals surface area contributed by atoms with Crippen molar-refractivity contribution in [3.05, 3.63) is 11.3 Å². The second-order valence-corrected chi connectivity index (χ2v) is 6.09. The summed E-state index contributed by atoms with van der Waals surface area (Å²) in [6, 6.07) is 0. The van der Waals surface area contributed by atoms with E-state index in [2.05, 4.69) is 27.1 Å². The van der Waals surface area contributed by atoms with Crippen molar-refractivity contribution < 1.29 is 14.3 Å². The number of piperidine rings is 1. The van der Waals surface area contributed by atoms with E-state index < -0.39 is 0 Å². The summed E-state index contributed by atoms with van der Waals surface area (Å²) in [5.74, 6) is 1.85. The molecule has 2 aliphatic heterocycles. The van der Waals surface area contributed by atoms with E-state index in [1.54, 1.807) is 14.2 Å². The highest BCUT2D eigenvalue weighted by Crippen LogP contribution is 2.31. The van der Waals surface area contributed by atoms with Crippen molar-refractivity contribution in [3.8, 4) is 5.88 Å². The summed E-state index contributed by atoms with van der Waals surface area (Å²) in [7, 11) is 3.28. The number of nitrogens with one attached hydrogen (secondary N) is 1. The second kappa shape index (κ2) is 6.70. The first kappa shape index (κ1) is 16.0. The van der Waals surface area contributed by atoms with E-state index in [-0.39, 0.29) is 11.8 Å².